The van der Waals surface area contributed by atoms with Crippen molar-refractivity contribution in [2.24, 2.45) is 0 Å². The summed E-state index contributed by atoms with van der Waals surface area (Å²) in [5, 5.41) is 0.998. The van der Waals surface area contributed by atoms with Gasteiger partial charge in [-0.3, -0.25) is 0 Å². The second-order valence-electron chi connectivity index (χ2n) is 8.19. The number of hydrogen-bond donors (Lipinski definition) is 1. The lowest BCUT2D eigenvalue weighted by atomic mass is 10.0. The number of anilines is 1. The fourth-order valence-corrected chi connectivity index (χ4v) is 5.61. The Bertz CT molecular complexity index is 1060. The topological polar surface area (TPSA) is 76.2 Å². The van der Waals surface area contributed by atoms with Gasteiger partial charge in [-0.1, -0.05) is 0 Å². The zero-order valence-corrected chi connectivity index (χ0v) is 18.5. The molecular weight excluding hydrogens is 398 g/mol. The lowest BCUT2D eigenvalue weighted by Crippen LogP contribution is -2.44. The monoisotopic (exact) mass is 425 g/mol. The third kappa shape index (κ3) is 3.41. The highest BCUT2D eigenvalue weighted by Gasteiger charge is 2.35. The standard InChI is InChI=1S/C22H27N5O2S/c1-14-13-29-9-8-27(14)18-12-17(22(2)6-4-10-30-22)24-21(25-18)16-11-19(28-3)26-20-15(16)5-7-23-20/h5,7,11-12,14H,4,6,8-10,13H2,1-3H3,(H,23,26). The van der Waals surface area contributed by atoms with Crippen molar-refractivity contribution < 1.29 is 9.47 Å². The van der Waals surface area contributed by atoms with Gasteiger partial charge in [0.05, 0.1) is 36.8 Å². The fraction of sp³-hybridized carbons (Fsp3) is 0.500. The van der Waals surface area contributed by atoms with E-state index in [2.05, 4.69) is 34.8 Å². The van der Waals surface area contributed by atoms with Crippen molar-refractivity contribution in [3.05, 3.63) is 30.1 Å². The Morgan fingerprint density at radius 1 is 1.30 bits per heavy atom. The summed E-state index contributed by atoms with van der Waals surface area (Å²) < 4.78 is 11.1. The molecular formula is C22H27N5O2S. The van der Waals surface area contributed by atoms with Crippen molar-refractivity contribution in [3.63, 3.8) is 0 Å². The molecule has 8 heteroatoms. The van der Waals surface area contributed by atoms with E-state index in [4.69, 9.17) is 19.4 Å². The molecule has 2 aliphatic heterocycles. The van der Waals surface area contributed by atoms with Crippen LogP contribution in [-0.2, 0) is 9.48 Å². The second-order valence-corrected chi connectivity index (χ2v) is 9.79. The maximum Gasteiger partial charge on any atom is 0.215 e. The molecule has 0 aliphatic carbocycles. The van der Waals surface area contributed by atoms with Crippen molar-refractivity contribution in [1.82, 2.24) is 19.9 Å². The number of methoxy groups -OCH3 is 1. The molecule has 30 heavy (non-hydrogen) atoms. The first-order valence-corrected chi connectivity index (χ1v) is 11.5. The smallest absolute Gasteiger partial charge is 0.215 e. The van der Waals surface area contributed by atoms with Crippen LogP contribution in [0.4, 0.5) is 5.82 Å². The van der Waals surface area contributed by atoms with Gasteiger partial charge >= 0.3 is 0 Å². The average Bonchev–Trinajstić information content (AvgIpc) is 3.42. The van der Waals surface area contributed by atoms with E-state index in [0.717, 1.165) is 53.5 Å². The van der Waals surface area contributed by atoms with Gasteiger partial charge in [0.25, 0.3) is 0 Å². The van der Waals surface area contributed by atoms with Crippen LogP contribution in [0.15, 0.2) is 24.4 Å². The number of morpholine rings is 1. The molecule has 1 N–H and O–H groups in total. The molecule has 0 radical (unpaired) electrons. The van der Waals surface area contributed by atoms with Crippen molar-refractivity contribution in [2.75, 3.05) is 37.5 Å². The molecule has 7 nitrogen and oxygen atoms in total. The zero-order chi connectivity index (χ0) is 20.7. The van der Waals surface area contributed by atoms with Gasteiger partial charge in [0.1, 0.15) is 11.5 Å². The van der Waals surface area contributed by atoms with Crippen LogP contribution in [-0.4, -0.2) is 58.6 Å². The molecule has 2 saturated heterocycles. The summed E-state index contributed by atoms with van der Waals surface area (Å²) in [5.74, 6) is 3.42. The van der Waals surface area contributed by atoms with E-state index in [9.17, 15) is 0 Å². The van der Waals surface area contributed by atoms with E-state index in [-0.39, 0.29) is 10.8 Å². The Labute approximate surface area is 180 Å². The molecule has 2 unspecified atom stereocenters. The van der Waals surface area contributed by atoms with Crippen LogP contribution in [0.3, 0.4) is 0 Å². The van der Waals surface area contributed by atoms with Gasteiger partial charge in [-0.25, -0.2) is 9.97 Å². The molecule has 0 saturated carbocycles. The number of hydrogen-bond acceptors (Lipinski definition) is 7. The first-order chi connectivity index (χ1) is 14.6. The number of aromatic nitrogens is 4. The Morgan fingerprint density at radius 3 is 2.97 bits per heavy atom. The molecule has 0 bridgehead atoms. The minimum atomic E-state index is 0.0103. The van der Waals surface area contributed by atoms with E-state index < -0.39 is 0 Å². The van der Waals surface area contributed by atoms with Crippen LogP contribution in [0.1, 0.15) is 32.4 Å². The van der Waals surface area contributed by atoms with Gasteiger partial charge in [0.15, 0.2) is 5.82 Å². The van der Waals surface area contributed by atoms with Gasteiger partial charge < -0.3 is 19.4 Å². The highest BCUT2D eigenvalue weighted by molar-refractivity contribution is 8.00. The molecule has 2 fully saturated rings. The van der Waals surface area contributed by atoms with Crippen LogP contribution >= 0.6 is 11.8 Å². The molecule has 0 spiro atoms. The number of fused-ring (bicyclic) bond motifs is 1. The third-order valence-electron chi connectivity index (χ3n) is 6.09. The zero-order valence-electron chi connectivity index (χ0n) is 17.6. The largest absolute Gasteiger partial charge is 0.481 e. The fourth-order valence-electron chi connectivity index (χ4n) is 4.33. The van der Waals surface area contributed by atoms with Crippen molar-refractivity contribution >= 4 is 28.6 Å². The molecule has 158 valence electrons. The molecule has 0 amide bonds. The summed E-state index contributed by atoms with van der Waals surface area (Å²) in [6.07, 6.45) is 4.24. The number of nitrogens with zero attached hydrogens (tertiary/aromatic N) is 4. The Hall–Kier alpha value is -2.32. The Morgan fingerprint density at radius 2 is 2.20 bits per heavy atom. The van der Waals surface area contributed by atoms with E-state index in [0.29, 0.717) is 12.5 Å². The summed E-state index contributed by atoms with van der Waals surface area (Å²) in [4.78, 5) is 20.2. The first-order valence-electron chi connectivity index (χ1n) is 10.5. The number of thioether (sulfide) groups is 1. The SMILES string of the molecule is COc1cc(-c2nc(N3CCOCC3C)cc(C3(C)CCCS3)n2)c2cc[nH]c2n1. The van der Waals surface area contributed by atoms with Crippen molar-refractivity contribution in [3.8, 4) is 17.3 Å². The molecule has 2 aliphatic rings. The number of nitrogens with one attached hydrogen (secondary N) is 1. The predicted octanol–water partition coefficient (Wildman–Crippen LogP) is 4.00. The average molecular weight is 426 g/mol. The van der Waals surface area contributed by atoms with Crippen LogP contribution in [0.5, 0.6) is 5.88 Å². The molecule has 3 aromatic heterocycles. The normalized spacial score (nSPS) is 24.5. The highest BCUT2D eigenvalue weighted by atomic mass is 32.2. The Kier molecular flexibility index (Phi) is 5.06. The molecule has 3 aromatic rings. The minimum Gasteiger partial charge on any atom is -0.481 e. The minimum absolute atomic E-state index is 0.0103. The predicted molar refractivity (Wildman–Crippen MR) is 120 cm³/mol. The number of aromatic amines is 1. The summed E-state index contributed by atoms with van der Waals surface area (Å²) in [6, 6.07) is 6.43. The van der Waals surface area contributed by atoms with Gasteiger partial charge in [0, 0.05) is 35.8 Å². The summed E-state index contributed by atoms with van der Waals surface area (Å²) in [7, 11) is 1.63. The number of H-pyrrole nitrogens is 1. The molecule has 0 aromatic carbocycles. The first kappa shape index (κ1) is 19.6. The van der Waals surface area contributed by atoms with Gasteiger partial charge in [0.2, 0.25) is 5.88 Å². The number of rotatable bonds is 4. The number of pyridine rings is 1. The van der Waals surface area contributed by atoms with E-state index in [1.165, 1.54) is 12.2 Å². The Balaban J connectivity index is 1.70. The lowest BCUT2D eigenvalue weighted by Gasteiger charge is -2.35. The van der Waals surface area contributed by atoms with Crippen molar-refractivity contribution in [1.29, 1.82) is 0 Å². The van der Waals surface area contributed by atoms with E-state index in [1.54, 1.807) is 7.11 Å². The summed E-state index contributed by atoms with van der Waals surface area (Å²) in [5.41, 5.74) is 2.82. The van der Waals surface area contributed by atoms with E-state index in [1.807, 2.05) is 30.1 Å². The lowest BCUT2D eigenvalue weighted by molar-refractivity contribution is 0.0985. The van der Waals surface area contributed by atoms with E-state index >= 15 is 0 Å². The van der Waals surface area contributed by atoms with Crippen LogP contribution in [0.2, 0.25) is 0 Å². The molecule has 5 heterocycles. The maximum atomic E-state index is 5.66. The quantitative estimate of drug-likeness (QED) is 0.677. The van der Waals surface area contributed by atoms with Crippen LogP contribution in [0, 0.1) is 0 Å². The molecule has 5 rings (SSSR count). The second kappa shape index (κ2) is 7.74. The van der Waals surface area contributed by atoms with Gasteiger partial charge in [-0.15, -0.1) is 11.8 Å². The van der Waals surface area contributed by atoms with Crippen LogP contribution < -0.4 is 9.64 Å². The maximum absolute atomic E-state index is 5.66. The van der Waals surface area contributed by atoms with Gasteiger partial charge in [-0.05, 0) is 38.5 Å². The van der Waals surface area contributed by atoms with Gasteiger partial charge in [-0.2, -0.15) is 4.98 Å². The van der Waals surface area contributed by atoms with Crippen molar-refractivity contribution in [2.45, 2.75) is 37.5 Å². The van der Waals surface area contributed by atoms with Crippen LogP contribution in [0.25, 0.3) is 22.4 Å². The highest BCUT2D eigenvalue weighted by Crippen LogP contribution is 2.46. The number of ether oxygens (including phenoxy) is 2. The summed E-state index contributed by atoms with van der Waals surface area (Å²) in [6.45, 7) is 6.76. The third-order valence-corrected chi connectivity index (χ3v) is 7.63. The molecule has 2 atom stereocenters. The summed E-state index contributed by atoms with van der Waals surface area (Å²) >= 11 is 1.99.